The van der Waals surface area contributed by atoms with Gasteiger partial charge in [0.1, 0.15) is 17.9 Å². The van der Waals surface area contributed by atoms with Gasteiger partial charge in [-0.3, -0.25) is 9.36 Å². The maximum absolute atomic E-state index is 14.0. The number of anilines is 1. The van der Waals surface area contributed by atoms with Crippen LogP contribution in [0.2, 0.25) is 0 Å². The topological polar surface area (TPSA) is 160 Å². The van der Waals surface area contributed by atoms with E-state index in [2.05, 4.69) is 35.2 Å². The molecule has 4 aromatic heterocycles. The number of alkyl halides is 3. The Kier molecular flexibility index (Phi) is 6.99. The fourth-order valence-corrected chi connectivity index (χ4v) is 4.57. The first-order valence-electron chi connectivity index (χ1n) is 12.0. The number of aromatic nitrogens is 7. The molecule has 1 aliphatic carbocycles. The number of hydrogen-bond acceptors (Lipinski definition) is 10. The van der Waals surface area contributed by atoms with Gasteiger partial charge in [-0.25, -0.2) is 29.9 Å². The van der Waals surface area contributed by atoms with E-state index in [-0.39, 0.29) is 40.3 Å². The van der Waals surface area contributed by atoms with E-state index in [4.69, 9.17) is 5.14 Å². The molecule has 4 aromatic rings. The molecular weight excluding hydrogens is 535 g/mol. The minimum absolute atomic E-state index is 0.0158. The highest BCUT2D eigenvalue weighted by Crippen LogP contribution is 2.43. The Morgan fingerprint density at radius 3 is 2.51 bits per heavy atom. The van der Waals surface area contributed by atoms with Crippen molar-refractivity contribution in [1.29, 1.82) is 0 Å². The van der Waals surface area contributed by atoms with Crippen molar-refractivity contribution in [3.05, 3.63) is 57.7 Å². The van der Waals surface area contributed by atoms with Crippen LogP contribution in [-0.4, -0.2) is 45.2 Å². The fraction of sp³-hybridized carbons (Fsp3) is 0.375. The van der Waals surface area contributed by atoms with E-state index in [1.54, 1.807) is 19.9 Å². The van der Waals surface area contributed by atoms with Crippen LogP contribution in [0.4, 0.5) is 19.0 Å². The zero-order chi connectivity index (χ0) is 28.1. The molecule has 15 heteroatoms. The van der Waals surface area contributed by atoms with Gasteiger partial charge >= 0.3 is 6.18 Å². The molecule has 11 nitrogen and oxygen atoms in total. The molecular formula is C24H24F3N9O2S. The van der Waals surface area contributed by atoms with Crippen molar-refractivity contribution in [3.63, 3.8) is 0 Å². The highest BCUT2D eigenvalue weighted by molar-refractivity contribution is 7.89. The van der Waals surface area contributed by atoms with Crippen LogP contribution in [0.5, 0.6) is 0 Å². The summed E-state index contributed by atoms with van der Waals surface area (Å²) in [5.74, 6) is 0.0478. The lowest BCUT2D eigenvalue weighted by Gasteiger charge is -2.22. The summed E-state index contributed by atoms with van der Waals surface area (Å²) >= 11 is -1.76. The molecule has 1 saturated carbocycles. The van der Waals surface area contributed by atoms with Crippen molar-refractivity contribution < 1.29 is 17.7 Å². The molecule has 1 unspecified atom stereocenters. The molecule has 0 aliphatic heterocycles. The summed E-state index contributed by atoms with van der Waals surface area (Å²) in [5, 5.41) is 8.27. The van der Waals surface area contributed by atoms with Crippen molar-refractivity contribution in [2.75, 3.05) is 5.32 Å². The molecule has 39 heavy (non-hydrogen) atoms. The average molecular weight is 560 g/mol. The number of hydrogen-bond donors (Lipinski definition) is 2. The largest absolute Gasteiger partial charge is 0.592 e. The molecule has 5 rings (SSSR count). The molecule has 0 aromatic carbocycles. The first kappa shape index (κ1) is 26.9. The minimum atomic E-state index is -4.74. The lowest BCUT2D eigenvalue weighted by atomic mass is 10.1. The van der Waals surface area contributed by atoms with Crippen LogP contribution in [-0.2, 0) is 17.9 Å². The molecule has 1 fully saturated rings. The quantitative estimate of drug-likeness (QED) is 0.322. The molecule has 0 saturated heterocycles. The predicted molar refractivity (Wildman–Crippen MR) is 137 cm³/mol. The van der Waals surface area contributed by atoms with Crippen molar-refractivity contribution in [2.24, 2.45) is 5.14 Å². The second kappa shape index (κ2) is 10.1. The lowest BCUT2D eigenvalue weighted by molar-refractivity contribution is -0.162. The van der Waals surface area contributed by atoms with Gasteiger partial charge in [-0.2, -0.15) is 13.2 Å². The van der Waals surface area contributed by atoms with E-state index in [1.165, 1.54) is 18.6 Å². The summed E-state index contributed by atoms with van der Waals surface area (Å²) in [6, 6.07) is 0.838. The Morgan fingerprint density at radius 2 is 1.90 bits per heavy atom. The van der Waals surface area contributed by atoms with E-state index >= 15 is 0 Å². The summed E-state index contributed by atoms with van der Waals surface area (Å²) in [4.78, 5) is 39.4. The average Bonchev–Trinajstić information content (AvgIpc) is 3.72. The van der Waals surface area contributed by atoms with Crippen LogP contribution in [0, 0.1) is 13.8 Å². The zero-order valence-corrected chi connectivity index (χ0v) is 22.0. The van der Waals surface area contributed by atoms with Gasteiger partial charge in [0.05, 0.1) is 34.0 Å². The van der Waals surface area contributed by atoms with Gasteiger partial charge in [0.15, 0.2) is 17.3 Å². The number of nitrogens with one attached hydrogen (secondary N) is 1. The second-order valence-corrected chi connectivity index (χ2v) is 10.3. The van der Waals surface area contributed by atoms with Gasteiger partial charge in [-0.05, 0) is 45.2 Å². The van der Waals surface area contributed by atoms with Crippen LogP contribution in [0.15, 0.2) is 34.5 Å². The first-order valence-corrected chi connectivity index (χ1v) is 13.2. The van der Waals surface area contributed by atoms with Crippen LogP contribution >= 0.6 is 0 Å². The van der Waals surface area contributed by atoms with Crippen molar-refractivity contribution in [1.82, 2.24) is 34.5 Å². The smallest absolute Gasteiger partial charge is 0.409 e. The highest BCUT2D eigenvalue weighted by atomic mass is 32.2. The SMILES string of the molecule is Cc1ncnc(C2CC2)c1-c1nc(C)c2nc(NCc3ccc([S+](N)[O-])nc3)c(=O)n([C@@H](C)C(F)(F)F)c2n1. The predicted octanol–water partition coefficient (Wildman–Crippen LogP) is 3.25. The molecule has 4 heterocycles. The Balaban J connectivity index is 1.64. The molecule has 0 amide bonds. The maximum atomic E-state index is 14.0. The first-order chi connectivity index (χ1) is 18.5. The van der Waals surface area contributed by atoms with Gasteiger partial charge in [0, 0.05) is 24.7 Å². The normalized spacial score (nSPS) is 15.4. The molecule has 0 bridgehead atoms. The summed E-state index contributed by atoms with van der Waals surface area (Å²) in [6.45, 7) is 4.27. The van der Waals surface area contributed by atoms with Crippen molar-refractivity contribution >= 4 is 28.3 Å². The number of nitrogens with zero attached hydrogens (tertiary/aromatic N) is 7. The van der Waals surface area contributed by atoms with Gasteiger partial charge in [0.25, 0.3) is 10.6 Å². The molecule has 0 radical (unpaired) electrons. The minimum Gasteiger partial charge on any atom is -0.592 e. The number of aryl methyl sites for hydroxylation is 2. The fourth-order valence-electron chi connectivity index (χ4n) is 4.21. The molecule has 3 N–H and O–H groups in total. The van der Waals surface area contributed by atoms with Gasteiger partial charge in [-0.1, -0.05) is 0 Å². The molecule has 204 valence electrons. The lowest BCUT2D eigenvalue weighted by Crippen LogP contribution is -2.35. The van der Waals surface area contributed by atoms with Crippen LogP contribution in [0.3, 0.4) is 0 Å². The zero-order valence-electron chi connectivity index (χ0n) is 21.2. The molecule has 0 spiro atoms. The van der Waals surface area contributed by atoms with E-state index in [1.807, 2.05) is 0 Å². The third-order valence-electron chi connectivity index (χ3n) is 6.49. The number of halogens is 3. The van der Waals surface area contributed by atoms with Gasteiger partial charge in [0.2, 0.25) is 0 Å². The Labute approximate surface area is 223 Å². The van der Waals surface area contributed by atoms with Gasteiger partial charge < -0.3 is 9.87 Å². The van der Waals surface area contributed by atoms with Crippen LogP contribution < -0.4 is 16.0 Å². The number of nitrogens with two attached hydrogens (primary N) is 1. The monoisotopic (exact) mass is 559 g/mol. The summed E-state index contributed by atoms with van der Waals surface area (Å²) in [6.07, 6.45) is -0.0279. The Hall–Kier alpha value is -3.69. The summed E-state index contributed by atoms with van der Waals surface area (Å²) in [5.41, 5.74) is 1.56. The third kappa shape index (κ3) is 5.29. The molecule has 2 atom stereocenters. The summed E-state index contributed by atoms with van der Waals surface area (Å²) < 4.78 is 53.9. The van der Waals surface area contributed by atoms with Crippen molar-refractivity contribution in [3.8, 4) is 11.4 Å². The summed E-state index contributed by atoms with van der Waals surface area (Å²) in [7, 11) is 0. The highest BCUT2D eigenvalue weighted by Gasteiger charge is 2.40. The number of rotatable bonds is 7. The molecule has 1 aliphatic rings. The van der Waals surface area contributed by atoms with E-state index < -0.39 is 29.1 Å². The van der Waals surface area contributed by atoms with Crippen LogP contribution in [0.1, 0.15) is 54.4 Å². The van der Waals surface area contributed by atoms with Crippen LogP contribution in [0.25, 0.3) is 22.6 Å². The van der Waals surface area contributed by atoms with E-state index in [0.29, 0.717) is 27.1 Å². The van der Waals surface area contributed by atoms with E-state index in [9.17, 15) is 22.5 Å². The second-order valence-electron chi connectivity index (χ2n) is 9.31. The maximum Gasteiger partial charge on any atom is 0.409 e. The Bertz CT molecular complexity index is 1610. The van der Waals surface area contributed by atoms with E-state index in [0.717, 1.165) is 25.5 Å². The Morgan fingerprint density at radius 1 is 1.15 bits per heavy atom. The number of pyridine rings is 1. The third-order valence-corrected chi connectivity index (χ3v) is 7.15. The van der Waals surface area contributed by atoms with Crippen molar-refractivity contribution in [2.45, 2.75) is 63.3 Å². The standard InChI is InChI=1S/C24H24F3N9O2S/c1-11-17(19(15-5-6-15)32-10-31-11)20-33-12(2)18-22(35-20)36(13(3)24(25,26)27)23(37)21(34-18)30-9-14-4-7-16(29-8-14)39(28)38/h4,7-8,10,13,15H,5-6,9,28H2,1-3H3,(H,30,34)/t13-,39?/m0/s1. The van der Waals surface area contributed by atoms with Gasteiger partial charge in [-0.15, -0.1) is 5.14 Å². The number of fused-ring (bicyclic) bond motifs is 1.